The summed E-state index contributed by atoms with van der Waals surface area (Å²) in [6.07, 6.45) is -9.49. The summed E-state index contributed by atoms with van der Waals surface area (Å²) in [4.78, 5) is 10.5. The molecule has 0 unspecified atom stereocenters. The zero-order chi connectivity index (χ0) is 15.7. The SMILES string of the molecule is CCOC(=O)CC(F)(F)C(F)(F)C(F)(F)C(F)(F)F. The molecule has 0 aliphatic carbocycles. The molecule has 0 N–H and O–H groups in total. The van der Waals surface area contributed by atoms with E-state index >= 15 is 0 Å². The fourth-order valence-corrected chi connectivity index (χ4v) is 0.912. The highest BCUT2D eigenvalue weighted by atomic mass is 19.4. The first-order chi connectivity index (χ1) is 8.20. The van der Waals surface area contributed by atoms with Gasteiger partial charge in [0.2, 0.25) is 0 Å². The van der Waals surface area contributed by atoms with Crippen molar-refractivity contribution in [2.24, 2.45) is 0 Å². The van der Waals surface area contributed by atoms with Crippen molar-refractivity contribution in [1.82, 2.24) is 0 Å². The second-order valence-corrected chi connectivity index (χ2v) is 3.33. The lowest BCUT2D eigenvalue weighted by atomic mass is 10.0. The van der Waals surface area contributed by atoms with Gasteiger partial charge < -0.3 is 4.74 Å². The van der Waals surface area contributed by atoms with Crippen molar-refractivity contribution in [3.63, 3.8) is 0 Å². The molecule has 0 aliphatic heterocycles. The van der Waals surface area contributed by atoms with Gasteiger partial charge in [-0.2, -0.15) is 39.5 Å². The van der Waals surface area contributed by atoms with Crippen molar-refractivity contribution in [3.8, 4) is 0 Å². The molecule has 0 atom stereocenters. The Labute approximate surface area is 100 Å². The van der Waals surface area contributed by atoms with E-state index in [2.05, 4.69) is 4.74 Å². The van der Waals surface area contributed by atoms with Gasteiger partial charge in [0.05, 0.1) is 6.61 Å². The highest BCUT2D eigenvalue weighted by molar-refractivity contribution is 5.70. The first-order valence-electron chi connectivity index (χ1n) is 4.56. The summed E-state index contributed by atoms with van der Waals surface area (Å²) in [5.41, 5.74) is 0. The number of esters is 1. The van der Waals surface area contributed by atoms with Gasteiger partial charge in [0.15, 0.2) is 0 Å². The summed E-state index contributed by atoms with van der Waals surface area (Å²) < 4.78 is 114. The smallest absolute Gasteiger partial charge is 0.460 e. The molecule has 0 radical (unpaired) electrons. The molecule has 0 rings (SSSR count). The predicted molar refractivity (Wildman–Crippen MR) is 42.1 cm³/mol. The van der Waals surface area contributed by atoms with Gasteiger partial charge in [0.1, 0.15) is 6.42 Å². The quantitative estimate of drug-likeness (QED) is 0.575. The third kappa shape index (κ3) is 3.24. The van der Waals surface area contributed by atoms with E-state index in [1.165, 1.54) is 0 Å². The molecule has 0 aromatic rings. The molecule has 0 bridgehead atoms. The average molecular weight is 306 g/mol. The van der Waals surface area contributed by atoms with Crippen molar-refractivity contribution in [2.45, 2.75) is 37.3 Å². The van der Waals surface area contributed by atoms with Crippen LogP contribution in [0, 0.1) is 0 Å². The fraction of sp³-hybridized carbons (Fsp3) is 0.875. The van der Waals surface area contributed by atoms with Crippen molar-refractivity contribution in [3.05, 3.63) is 0 Å². The van der Waals surface area contributed by atoms with Gasteiger partial charge in [-0.1, -0.05) is 0 Å². The number of alkyl halides is 9. The number of hydrogen-bond acceptors (Lipinski definition) is 2. The third-order valence-electron chi connectivity index (χ3n) is 1.88. The second-order valence-electron chi connectivity index (χ2n) is 3.33. The molecule has 0 fully saturated rings. The van der Waals surface area contributed by atoms with Crippen LogP contribution >= 0.6 is 0 Å². The monoisotopic (exact) mass is 306 g/mol. The largest absolute Gasteiger partial charge is 0.466 e. The lowest BCUT2D eigenvalue weighted by Gasteiger charge is -2.33. The molecule has 0 aromatic heterocycles. The highest BCUT2D eigenvalue weighted by Crippen LogP contribution is 2.53. The summed E-state index contributed by atoms with van der Waals surface area (Å²) in [6, 6.07) is 0. The molecule has 0 aromatic carbocycles. The Balaban J connectivity index is 5.33. The number of rotatable bonds is 5. The number of hydrogen-bond donors (Lipinski definition) is 0. The van der Waals surface area contributed by atoms with E-state index in [1.54, 1.807) is 0 Å². The van der Waals surface area contributed by atoms with Crippen molar-refractivity contribution < 1.29 is 49.0 Å². The minimum Gasteiger partial charge on any atom is -0.466 e. The number of halogens is 9. The first-order valence-corrected chi connectivity index (χ1v) is 4.56. The Morgan fingerprint density at radius 2 is 1.32 bits per heavy atom. The van der Waals surface area contributed by atoms with E-state index in [9.17, 15) is 44.3 Å². The second kappa shape index (κ2) is 5.08. The summed E-state index contributed by atoms with van der Waals surface area (Å²) in [5, 5.41) is 0. The maximum absolute atomic E-state index is 12.8. The molecule has 0 spiro atoms. The fourth-order valence-electron chi connectivity index (χ4n) is 0.912. The van der Waals surface area contributed by atoms with Gasteiger partial charge in [0, 0.05) is 0 Å². The minimum atomic E-state index is -6.99. The molecular formula is C8H7F9O2. The lowest BCUT2D eigenvalue weighted by molar-refractivity contribution is -0.395. The van der Waals surface area contributed by atoms with E-state index in [1.807, 2.05) is 0 Å². The summed E-state index contributed by atoms with van der Waals surface area (Å²) >= 11 is 0. The Hall–Kier alpha value is -1.16. The number of carbonyl (C=O) groups is 1. The molecule has 19 heavy (non-hydrogen) atoms. The molecule has 0 heterocycles. The number of ether oxygens (including phenoxy) is 1. The number of carbonyl (C=O) groups excluding carboxylic acids is 1. The minimum absolute atomic E-state index is 0.532. The Kier molecular flexibility index (Phi) is 4.77. The Bertz CT molecular complexity index is 334. The van der Waals surface area contributed by atoms with E-state index in [-0.39, 0.29) is 0 Å². The van der Waals surface area contributed by atoms with E-state index in [0.29, 0.717) is 0 Å². The highest BCUT2D eigenvalue weighted by Gasteiger charge is 2.81. The third-order valence-corrected chi connectivity index (χ3v) is 1.88. The van der Waals surface area contributed by atoms with E-state index in [4.69, 9.17) is 0 Å². The van der Waals surface area contributed by atoms with Gasteiger partial charge in [-0.25, -0.2) is 0 Å². The molecule has 0 saturated carbocycles. The van der Waals surface area contributed by atoms with Crippen LogP contribution in [0.1, 0.15) is 13.3 Å². The van der Waals surface area contributed by atoms with E-state index in [0.717, 1.165) is 6.92 Å². The van der Waals surface area contributed by atoms with Crippen LogP contribution in [-0.4, -0.2) is 36.5 Å². The van der Waals surface area contributed by atoms with Gasteiger partial charge in [-0.15, -0.1) is 0 Å². The maximum atomic E-state index is 12.8. The van der Waals surface area contributed by atoms with Crippen LogP contribution in [0.25, 0.3) is 0 Å². The average Bonchev–Trinajstić information content (AvgIpc) is 2.14. The van der Waals surface area contributed by atoms with Gasteiger partial charge in [0.25, 0.3) is 0 Å². The van der Waals surface area contributed by atoms with Crippen molar-refractivity contribution in [1.29, 1.82) is 0 Å². The van der Waals surface area contributed by atoms with Crippen LogP contribution in [0.5, 0.6) is 0 Å². The topological polar surface area (TPSA) is 26.3 Å². The van der Waals surface area contributed by atoms with E-state index < -0.39 is 42.9 Å². The normalized spacial score (nSPS) is 14.4. The standard InChI is InChI=1S/C8H7F9O2/c1-2-19-4(18)3-5(9,10)6(11,12)7(13,14)8(15,16)17/h2-3H2,1H3. The van der Waals surface area contributed by atoms with Crippen LogP contribution < -0.4 is 0 Å². The summed E-state index contributed by atoms with van der Waals surface area (Å²) in [7, 11) is 0. The molecule has 0 aliphatic rings. The maximum Gasteiger partial charge on any atom is 0.460 e. The predicted octanol–water partition coefficient (Wildman–Crippen LogP) is 3.41. The Morgan fingerprint density at radius 1 is 0.895 bits per heavy atom. The molecule has 2 nitrogen and oxygen atoms in total. The first kappa shape index (κ1) is 17.8. The van der Waals surface area contributed by atoms with Crippen LogP contribution in [0.3, 0.4) is 0 Å². The summed E-state index contributed by atoms with van der Waals surface area (Å²) in [6.45, 7) is 0.564. The van der Waals surface area contributed by atoms with Crippen LogP contribution in [0.15, 0.2) is 0 Å². The zero-order valence-corrected chi connectivity index (χ0v) is 9.13. The summed E-state index contributed by atoms with van der Waals surface area (Å²) in [5.74, 6) is -21.7. The zero-order valence-electron chi connectivity index (χ0n) is 9.13. The molecule has 11 heteroatoms. The van der Waals surface area contributed by atoms with Crippen molar-refractivity contribution in [2.75, 3.05) is 6.61 Å². The Morgan fingerprint density at radius 3 is 1.63 bits per heavy atom. The molecule has 114 valence electrons. The van der Waals surface area contributed by atoms with Crippen LogP contribution in [-0.2, 0) is 9.53 Å². The van der Waals surface area contributed by atoms with Crippen LogP contribution in [0.4, 0.5) is 39.5 Å². The van der Waals surface area contributed by atoms with Crippen LogP contribution in [0.2, 0.25) is 0 Å². The molecule has 0 amide bonds. The van der Waals surface area contributed by atoms with Gasteiger partial charge in [-0.3, -0.25) is 4.79 Å². The lowest BCUT2D eigenvalue weighted by Crippen LogP contribution is -2.61. The van der Waals surface area contributed by atoms with Crippen molar-refractivity contribution >= 4 is 5.97 Å². The van der Waals surface area contributed by atoms with Gasteiger partial charge in [-0.05, 0) is 6.92 Å². The molecule has 0 saturated heterocycles. The molecular weight excluding hydrogens is 299 g/mol. The van der Waals surface area contributed by atoms with Gasteiger partial charge >= 0.3 is 29.9 Å².